The summed E-state index contributed by atoms with van der Waals surface area (Å²) >= 11 is 0. The second-order valence-corrected chi connectivity index (χ2v) is 6.20. The first-order valence-corrected chi connectivity index (χ1v) is 7.45. The van der Waals surface area contributed by atoms with Gasteiger partial charge in [-0.05, 0) is 52.3 Å². The molecule has 1 unspecified atom stereocenters. The topological polar surface area (TPSA) is 73.9 Å². The SMILES string of the molecule is CCOC(=O)C(C)(NC(=O)OC(C)(C)C)c1ccc(OC)cc1. The highest BCUT2D eigenvalue weighted by Gasteiger charge is 2.39. The minimum Gasteiger partial charge on any atom is -0.497 e. The third-order valence-electron chi connectivity index (χ3n) is 3.10. The van der Waals surface area contributed by atoms with Crippen molar-refractivity contribution in [1.29, 1.82) is 0 Å². The van der Waals surface area contributed by atoms with Crippen molar-refractivity contribution in [2.45, 2.75) is 45.8 Å². The number of amides is 1. The lowest BCUT2D eigenvalue weighted by molar-refractivity contribution is -0.151. The van der Waals surface area contributed by atoms with E-state index in [0.717, 1.165) is 0 Å². The first-order chi connectivity index (χ1) is 10.6. The average Bonchev–Trinajstić information content (AvgIpc) is 2.45. The number of alkyl carbamates (subject to hydrolysis) is 1. The maximum Gasteiger partial charge on any atom is 0.408 e. The number of esters is 1. The van der Waals surface area contributed by atoms with Gasteiger partial charge in [0.1, 0.15) is 11.4 Å². The van der Waals surface area contributed by atoms with Crippen molar-refractivity contribution in [2.24, 2.45) is 0 Å². The zero-order valence-electron chi connectivity index (χ0n) is 14.6. The Morgan fingerprint density at radius 3 is 2.09 bits per heavy atom. The molecule has 0 heterocycles. The summed E-state index contributed by atoms with van der Waals surface area (Å²) in [6.07, 6.45) is -0.691. The Kier molecular flexibility index (Phi) is 6.01. The molecule has 0 saturated heterocycles. The molecule has 0 fully saturated rings. The number of nitrogens with one attached hydrogen (secondary N) is 1. The van der Waals surface area contributed by atoms with E-state index in [-0.39, 0.29) is 6.61 Å². The van der Waals surface area contributed by atoms with Crippen LogP contribution in [0.1, 0.15) is 40.2 Å². The first-order valence-electron chi connectivity index (χ1n) is 7.45. The Morgan fingerprint density at radius 1 is 1.09 bits per heavy atom. The van der Waals surface area contributed by atoms with E-state index < -0.39 is 23.2 Å². The quantitative estimate of drug-likeness (QED) is 0.843. The Balaban J connectivity index is 3.11. The van der Waals surface area contributed by atoms with Crippen LogP contribution in [0.15, 0.2) is 24.3 Å². The molecule has 0 bridgehead atoms. The number of hydrogen-bond donors (Lipinski definition) is 1. The van der Waals surface area contributed by atoms with E-state index in [2.05, 4.69) is 5.32 Å². The molecule has 0 aliphatic carbocycles. The molecule has 0 aliphatic rings. The van der Waals surface area contributed by atoms with Gasteiger partial charge in [0.05, 0.1) is 13.7 Å². The average molecular weight is 323 g/mol. The first kappa shape index (κ1) is 18.8. The summed E-state index contributed by atoms with van der Waals surface area (Å²) in [5.74, 6) is 0.0910. The standard InChI is InChI=1S/C17H25NO5/c1-7-22-14(19)17(5,18-15(20)23-16(2,3)4)12-8-10-13(21-6)11-9-12/h8-11H,7H2,1-6H3,(H,18,20). The van der Waals surface area contributed by atoms with E-state index in [9.17, 15) is 9.59 Å². The molecule has 1 amide bonds. The van der Waals surface area contributed by atoms with Gasteiger partial charge in [-0.3, -0.25) is 0 Å². The largest absolute Gasteiger partial charge is 0.497 e. The second-order valence-electron chi connectivity index (χ2n) is 6.20. The van der Waals surface area contributed by atoms with Gasteiger partial charge in [-0.1, -0.05) is 12.1 Å². The lowest BCUT2D eigenvalue weighted by Gasteiger charge is -2.30. The van der Waals surface area contributed by atoms with Crippen molar-refractivity contribution < 1.29 is 23.8 Å². The smallest absolute Gasteiger partial charge is 0.408 e. The molecular weight excluding hydrogens is 298 g/mol. The van der Waals surface area contributed by atoms with E-state index in [4.69, 9.17) is 14.2 Å². The Labute approximate surface area is 137 Å². The van der Waals surface area contributed by atoms with Crippen molar-refractivity contribution in [2.75, 3.05) is 13.7 Å². The minimum absolute atomic E-state index is 0.209. The summed E-state index contributed by atoms with van der Waals surface area (Å²) < 4.78 is 15.5. The van der Waals surface area contributed by atoms with Crippen molar-refractivity contribution in [3.63, 3.8) is 0 Å². The normalized spacial score (nSPS) is 13.7. The monoisotopic (exact) mass is 323 g/mol. The molecule has 1 aromatic rings. The van der Waals surface area contributed by atoms with E-state index in [1.165, 1.54) is 0 Å². The molecule has 6 heteroatoms. The number of hydrogen-bond acceptors (Lipinski definition) is 5. The molecule has 23 heavy (non-hydrogen) atoms. The van der Waals surface area contributed by atoms with Crippen molar-refractivity contribution in [1.82, 2.24) is 5.32 Å². The van der Waals surface area contributed by atoms with Crippen LogP contribution in [0.2, 0.25) is 0 Å². The van der Waals surface area contributed by atoms with Crippen LogP contribution >= 0.6 is 0 Å². The predicted octanol–water partition coefficient (Wildman–Crippen LogP) is 3.00. The third-order valence-corrected chi connectivity index (χ3v) is 3.10. The highest BCUT2D eigenvalue weighted by atomic mass is 16.6. The van der Waals surface area contributed by atoms with Gasteiger partial charge < -0.3 is 19.5 Å². The van der Waals surface area contributed by atoms with Crippen LogP contribution in [0.25, 0.3) is 0 Å². The van der Waals surface area contributed by atoms with Crippen molar-refractivity contribution in [3.05, 3.63) is 29.8 Å². The Morgan fingerprint density at radius 2 is 1.65 bits per heavy atom. The number of methoxy groups -OCH3 is 1. The Hall–Kier alpha value is -2.24. The van der Waals surface area contributed by atoms with Gasteiger partial charge in [0.2, 0.25) is 0 Å². The number of carbonyl (C=O) groups is 2. The van der Waals surface area contributed by atoms with Crippen LogP contribution < -0.4 is 10.1 Å². The summed E-state index contributed by atoms with van der Waals surface area (Å²) in [5, 5.41) is 2.61. The lowest BCUT2D eigenvalue weighted by atomic mass is 9.92. The summed E-state index contributed by atoms with van der Waals surface area (Å²) in [4.78, 5) is 24.5. The van der Waals surface area contributed by atoms with E-state index in [1.54, 1.807) is 66.0 Å². The molecule has 6 nitrogen and oxygen atoms in total. The van der Waals surface area contributed by atoms with E-state index >= 15 is 0 Å². The molecule has 1 rings (SSSR count). The fourth-order valence-corrected chi connectivity index (χ4v) is 1.95. The number of rotatable bonds is 5. The van der Waals surface area contributed by atoms with Gasteiger partial charge in [0.15, 0.2) is 5.54 Å². The third kappa shape index (κ3) is 5.16. The van der Waals surface area contributed by atoms with Crippen LogP contribution in [0.3, 0.4) is 0 Å². The molecule has 0 radical (unpaired) electrons. The molecule has 1 atom stereocenters. The number of carbonyl (C=O) groups excluding carboxylic acids is 2. The van der Waals surface area contributed by atoms with Gasteiger partial charge in [-0.15, -0.1) is 0 Å². The highest BCUT2D eigenvalue weighted by molar-refractivity contribution is 5.87. The Bertz CT molecular complexity index is 547. The van der Waals surface area contributed by atoms with Crippen LogP contribution in [0.4, 0.5) is 4.79 Å². The van der Waals surface area contributed by atoms with Gasteiger partial charge in [-0.2, -0.15) is 0 Å². The molecule has 128 valence electrons. The van der Waals surface area contributed by atoms with E-state index in [0.29, 0.717) is 11.3 Å². The summed E-state index contributed by atoms with van der Waals surface area (Å²) in [7, 11) is 1.55. The molecule has 1 aromatic carbocycles. The van der Waals surface area contributed by atoms with Gasteiger partial charge in [0.25, 0.3) is 0 Å². The lowest BCUT2D eigenvalue weighted by Crippen LogP contribution is -2.51. The van der Waals surface area contributed by atoms with Crippen LogP contribution in [-0.2, 0) is 19.8 Å². The fourth-order valence-electron chi connectivity index (χ4n) is 1.95. The maximum atomic E-state index is 12.4. The molecule has 1 N–H and O–H groups in total. The second kappa shape index (κ2) is 7.35. The van der Waals surface area contributed by atoms with Gasteiger partial charge in [0, 0.05) is 0 Å². The molecule has 0 aromatic heterocycles. The maximum absolute atomic E-state index is 12.4. The number of benzene rings is 1. The van der Waals surface area contributed by atoms with Gasteiger partial charge >= 0.3 is 12.1 Å². The minimum atomic E-state index is -1.36. The summed E-state index contributed by atoms with van der Waals surface area (Å²) in [6, 6.07) is 6.83. The summed E-state index contributed by atoms with van der Waals surface area (Å²) in [5.41, 5.74) is -1.45. The molecule has 0 saturated carbocycles. The number of ether oxygens (including phenoxy) is 3. The van der Waals surface area contributed by atoms with E-state index in [1.807, 2.05) is 0 Å². The zero-order valence-corrected chi connectivity index (χ0v) is 14.6. The van der Waals surface area contributed by atoms with Gasteiger partial charge in [-0.25, -0.2) is 9.59 Å². The predicted molar refractivity (Wildman–Crippen MR) is 86.3 cm³/mol. The summed E-state index contributed by atoms with van der Waals surface area (Å²) in [6.45, 7) is 8.75. The highest BCUT2D eigenvalue weighted by Crippen LogP contribution is 2.25. The molecular formula is C17H25NO5. The van der Waals surface area contributed by atoms with Crippen molar-refractivity contribution in [3.8, 4) is 5.75 Å². The molecule has 0 spiro atoms. The molecule has 0 aliphatic heterocycles. The zero-order chi connectivity index (χ0) is 17.7. The fraction of sp³-hybridized carbons (Fsp3) is 0.529. The van der Waals surface area contributed by atoms with Crippen molar-refractivity contribution >= 4 is 12.1 Å². The van der Waals surface area contributed by atoms with Crippen LogP contribution in [0, 0.1) is 0 Å². The van der Waals surface area contributed by atoms with Crippen LogP contribution in [-0.4, -0.2) is 31.4 Å². The van der Waals surface area contributed by atoms with Crippen LogP contribution in [0.5, 0.6) is 5.75 Å².